The number of aryl methyl sites for hydroxylation is 1. The lowest BCUT2D eigenvalue weighted by molar-refractivity contribution is -0.166. The highest BCUT2D eigenvalue weighted by Gasteiger charge is 2.57. The summed E-state index contributed by atoms with van der Waals surface area (Å²) in [4.78, 5) is 45.4. The van der Waals surface area contributed by atoms with E-state index in [1.807, 2.05) is 19.1 Å². The molecule has 0 aromatic carbocycles. The largest absolute Gasteiger partial charge is 0.458 e. The minimum Gasteiger partial charge on any atom is -0.458 e. The van der Waals surface area contributed by atoms with Crippen LogP contribution in [0.2, 0.25) is 0 Å². The van der Waals surface area contributed by atoms with Crippen LogP contribution < -0.4 is 5.56 Å². The zero-order valence-corrected chi connectivity index (χ0v) is 19.5. The zero-order valence-electron chi connectivity index (χ0n) is 19.5. The van der Waals surface area contributed by atoms with Gasteiger partial charge in [-0.1, -0.05) is 6.07 Å². The molecular weight excluding hydrogens is 434 g/mol. The van der Waals surface area contributed by atoms with Crippen LogP contribution >= 0.6 is 0 Å². The maximum absolute atomic E-state index is 13.8. The number of hydrogen-bond acceptors (Lipinski definition) is 6. The van der Waals surface area contributed by atoms with Crippen LogP contribution in [0.3, 0.4) is 0 Å². The molecule has 7 rings (SSSR count). The van der Waals surface area contributed by atoms with Gasteiger partial charge in [0.05, 0.1) is 17.2 Å². The van der Waals surface area contributed by atoms with E-state index < -0.39 is 18.1 Å². The SMILES string of the molecule is Cc1cccc2nc(COC(=O)[C@@H]3CC(O)CN3C(=O)C34CC5CC(CC(C5)C3)C4)cc(=O)n12. The Hall–Kier alpha value is -2.74. The summed E-state index contributed by atoms with van der Waals surface area (Å²) in [5.41, 5.74) is 1.03. The maximum Gasteiger partial charge on any atom is 0.329 e. The highest BCUT2D eigenvalue weighted by Crippen LogP contribution is 2.60. The van der Waals surface area contributed by atoms with Gasteiger partial charge in [-0.05, 0) is 75.3 Å². The highest BCUT2D eigenvalue weighted by atomic mass is 16.5. The number of nitrogens with zero attached hydrogens (tertiary/aromatic N) is 3. The molecule has 2 atom stereocenters. The Labute approximate surface area is 197 Å². The van der Waals surface area contributed by atoms with Crippen molar-refractivity contribution in [2.45, 2.75) is 70.6 Å². The van der Waals surface area contributed by atoms with Gasteiger partial charge in [0.15, 0.2) is 0 Å². The van der Waals surface area contributed by atoms with Crippen molar-refractivity contribution in [2.24, 2.45) is 23.2 Å². The quantitative estimate of drug-likeness (QED) is 0.695. The molecule has 1 saturated heterocycles. The van der Waals surface area contributed by atoms with Crippen molar-refractivity contribution in [3.05, 3.63) is 46.0 Å². The zero-order chi connectivity index (χ0) is 23.6. The Morgan fingerprint density at radius 1 is 1.12 bits per heavy atom. The smallest absolute Gasteiger partial charge is 0.329 e. The summed E-state index contributed by atoms with van der Waals surface area (Å²) < 4.78 is 7.04. The van der Waals surface area contributed by atoms with E-state index in [1.54, 1.807) is 11.0 Å². The minimum absolute atomic E-state index is 0.0302. The first-order valence-corrected chi connectivity index (χ1v) is 12.5. The number of ether oxygens (including phenoxy) is 1. The summed E-state index contributed by atoms with van der Waals surface area (Å²) in [6.07, 6.45) is 5.89. The number of hydrogen-bond donors (Lipinski definition) is 1. The average molecular weight is 466 g/mol. The number of likely N-dealkylation sites (tertiary alicyclic amines) is 1. The molecule has 4 saturated carbocycles. The Morgan fingerprint density at radius 2 is 1.79 bits per heavy atom. The number of pyridine rings is 1. The number of aromatic nitrogens is 2. The first kappa shape index (κ1) is 21.8. The number of amides is 1. The van der Waals surface area contributed by atoms with Crippen LogP contribution in [0, 0.1) is 30.1 Å². The van der Waals surface area contributed by atoms with E-state index in [-0.39, 0.29) is 36.5 Å². The third kappa shape index (κ3) is 3.54. The van der Waals surface area contributed by atoms with E-state index in [1.165, 1.54) is 29.7 Å². The molecule has 0 radical (unpaired) electrons. The number of fused-ring (bicyclic) bond motifs is 1. The number of esters is 1. The molecule has 34 heavy (non-hydrogen) atoms. The topological polar surface area (TPSA) is 101 Å². The van der Waals surface area contributed by atoms with Gasteiger partial charge < -0.3 is 14.7 Å². The fourth-order valence-corrected chi connectivity index (χ4v) is 7.62. The van der Waals surface area contributed by atoms with E-state index in [9.17, 15) is 19.5 Å². The molecule has 1 N–H and O–H groups in total. The number of β-amino-alcohol motifs (C(OH)–C–C–N with tert-alkyl or cyclic N) is 1. The predicted molar refractivity (Wildman–Crippen MR) is 123 cm³/mol. The molecule has 1 amide bonds. The first-order chi connectivity index (χ1) is 16.3. The third-order valence-corrected chi connectivity index (χ3v) is 8.60. The molecule has 180 valence electrons. The lowest BCUT2D eigenvalue weighted by Crippen LogP contribution is -2.56. The number of carbonyl (C=O) groups is 2. The monoisotopic (exact) mass is 465 g/mol. The predicted octanol–water partition coefficient (Wildman–Crippen LogP) is 2.22. The lowest BCUT2D eigenvalue weighted by atomic mass is 9.49. The van der Waals surface area contributed by atoms with Crippen molar-refractivity contribution in [2.75, 3.05) is 6.54 Å². The summed E-state index contributed by atoms with van der Waals surface area (Å²) >= 11 is 0. The molecule has 2 aromatic rings. The van der Waals surface area contributed by atoms with Crippen molar-refractivity contribution < 1.29 is 19.4 Å². The van der Waals surface area contributed by atoms with Crippen LogP contribution in [-0.4, -0.2) is 50.0 Å². The van der Waals surface area contributed by atoms with Crippen LogP contribution in [0.15, 0.2) is 29.1 Å². The molecule has 8 heteroatoms. The van der Waals surface area contributed by atoms with E-state index in [0.29, 0.717) is 29.1 Å². The van der Waals surface area contributed by atoms with Crippen LogP contribution in [0.5, 0.6) is 0 Å². The Morgan fingerprint density at radius 3 is 2.47 bits per heavy atom. The summed E-state index contributed by atoms with van der Waals surface area (Å²) in [6, 6.07) is 5.96. The molecule has 4 aliphatic carbocycles. The highest BCUT2D eigenvalue weighted by molar-refractivity contribution is 5.89. The minimum atomic E-state index is -0.792. The van der Waals surface area contributed by atoms with Gasteiger partial charge in [-0.3, -0.25) is 14.0 Å². The molecule has 1 unspecified atom stereocenters. The summed E-state index contributed by atoms with van der Waals surface area (Å²) in [5, 5.41) is 10.4. The lowest BCUT2D eigenvalue weighted by Gasteiger charge is -2.56. The van der Waals surface area contributed by atoms with Crippen molar-refractivity contribution in [1.82, 2.24) is 14.3 Å². The Bertz CT molecular complexity index is 1190. The second kappa shape index (κ2) is 7.90. The molecule has 1 aliphatic heterocycles. The summed E-state index contributed by atoms with van der Waals surface area (Å²) in [5.74, 6) is 1.35. The fourth-order valence-electron chi connectivity index (χ4n) is 7.62. The van der Waals surface area contributed by atoms with E-state index in [0.717, 1.165) is 25.0 Å². The molecule has 5 aliphatic rings. The number of aliphatic hydroxyl groups excluding tert-OH is 1. The normalized spacial score (nSPS) is 34.1. The fraction of sp³-hybridized carbons (Fsp3) is 0.615. The van der Waals surface area contributed by atoms with Gasteiger partial charge in [0.1, 0.15) is 18.3 Å². The third-order valence-electron chi connectivity index (χ3n) is 8.60. The van der Waals surface area contributed by atoms with Gasteiger partial charge in [0.2, 0.25) is 5.91 Å². The van der Waals surface area contributed by atoms with Crippen molar-refractivity contribution in [3.63, 3.8) is 0 Å². The van der Waals surface area contributed by atoms with Crippen LogP contribution in [0.4, 0.5) is 0 Å². The van der Waals surface area contributed by atoms with Gasteiger partial charge in [-0.2, -0.15) is 0 Å². The average Bonchev–Trinajstić information content (AvgIpc) is 3.17. The number of rotatable bonds is 4. The standard InChI is InChI=1S/C26H31N3O5/c1-15-3-2-4-22-27-19(8-23(31)29(15)22)14-34-24(32)21-9-20(30)13-28(21)25(33)26-10-16-5-17(11-26)7-18(6-16)12-26/h2-4,8,16-18,20-21,30H,5-7,9-14H2,1H3/t16?,17?,18?,20?,21-,26?/m0/s1. The molecule has 0 spiro atoms. The first-order valence-electron chi connectivity index (χ1n) is 12.5. The Balaban J connectivity index is 1.18. The van der Waals surface area contributed by atoms with Gasteiger partial charge in [-0.25, -0.2) is 9.78 Å². The number of carbonyl (C=O) groups excluding carboxylic acids is 2. The van der Waals surface area contributed by atoms with Crippen LogP contribution in [0.1, 0.15) is 56.3 Å². The van der Waals surface area contributed by atoms with Gasteiger partial charge >= 0.3 is 5.97 Å². The molecule has 5 fully saturated rings. The van der Waals surface area contributed by atoms with Crippen LogP contribution in [0.25, 0.3) is 5.65 Å². The summed E-state index contributed by atoms with van der Waals surface area (Å²) in [6.45, 7) is 1.86. The molecular formula is C26H31N3O5. The molecule has 8 nitrogen and oxygen atoms in total. The van der Waals surface area contributed by atoms with Crippen molar-refractivity contribution in [3.8, 4) is 0 Å². The molecule has 3 heterocycles. The summed E-state index contributed by atoms with van der Waals surface area (Å²) in [7, 11) is 0. The number of aliphatic hydroxyl groups is 1. The maximum atomic E-state index is 13.8. The van der Waals surface area contributed by atoms with E-state index >= 15 is 0 Å². The molecule has 2 aromatic heterocycles. The van der Waals surface area contributed by atoms with Gasteiger partial charge in [0, 0.05) is 24.7 Å². The van der Waals surface area contributed by atoms with Gasteiger partial charge in [0.25, 0.3) is 5.56 Å². The van der Waals surface area contributed by atoms with E-state index in [4.69, 9.17) is 4.74 Å². The second-order valence-corrected chi connectivity index (χ2v) is 11.1. The van der Waals surface area contributed by atoms with E-state index in [2.05, 4.69) is 4.98 Å². The van der Waals surface area contributed by atoms with Gasteiger partial charge in [-0.15, -0.1) is 0 Å². The molecule has 4 bridgehead atoms. The van der Waals surface area contributed by atoms with Crippen molar-refractivity contribution in [1.29, 1.82) is 0 Å². The Kier molecular flexibility index (Phi) is 5.06. The van der Waals surface area contributed by atoms with Crippen molar-refractivity contribution >= 4 is 17.5 Å². The van der Waals surface area contributed by atoms with Crippen LogP contribution in [-0.2, 0) is 20.9 Å². The second-order valence-electron chi connectivity index (χ2n) is 11.1.